The Morgan fingerprint density at radius 1 is 1.29 bits per heavy atom. The molecule has 6 heteroatoms. The van der Waals surface area contributed by atoms with Crippen molar-refractivity contribution in [3.8, 4) is 0 Å². The molecule has 0 amide bonds. The van der Waals surface area contributed by atoms with Gasteiger partial charge in [0.05, 0.1) is 6.33 Å². The summed E-state index contributed by atoms with van der Waals surface area (Å²) < 4.78 is 15.0. The van der Waals surface area contributed by atoms with Crippen LogP contribution in [-0.4, -0.2) is 25.8 Å². The Morgan fingerprint density at radius 2 is 1.94 bits per heavy atom. The van der Waals surface area contributed by atoms with Crippen molar-refractivity contribution in [1.29, 1.82) is 0 Å². The largest absolute Gasteiger partial charge is 0.313 e. The first-order chi connectivity index (χ1) is 8.13. The van der Waals surface area contributed by atoms with Crippen LogP contribution in [-0.2, 0) is 0 Å². The van der Waals surface area contributed by atoms with Crippen LogP contribution in [0.15, 0.2) is 11.4 Å². The molecule has 0 aromatic carbocycles. The van der Waals surface area contributed by atoms with E-state index in [2.05, 4.69) is 15.0 Å². The highest BCUT2D eigenvalue weighted by Gasteiger charge is 2.13. The SMILES string of the molecule is CC.CSc1nc(F)nc2c1ncn2C(C)C. The molecule has 0 bridgehead atoms. The van der Waals surface area contributed by atoms with Gasteiger partial charge in [-0.2, -0.15) is 14.4 Å². The predicted molar refractivity (Wildman–Crippen MR) is 68.8 cm³/mol. The van der Waals surface area contributed by atoms with Crippen molar-refractivity contribution in [2.75, 3.05) is 6.26 Å². The topological polar surface area (TPSA) is 43.6 Å². The van der Waals surface area contributed by atoms with E-state index in [1.54, 1.807) is 6.33 Å². The molecule has 0 unspecified atom stereocenters. The van der Waals surface area contributed by atoms with E-state index in [1.165, 1.54) is 11.8 Å². The first-order valence-corrected chi connectivity index (χ1v) is 6.80. The first-order valence-electron chi connectivity index (χ1n) is 5.57. The number of aromatic nitrogens is 4. The number of hydrogen-bond donors (Lipinski definition) is 0. The molecule has 0 atom stereocenters. The summed E-state index contributed by atoms with van der Waals surface area (Å²) in [6, 6.07) is 0.207. The molecule has 0 aliphatic rings. The van der Waals surface area contributed by atoms with Gasteiger partial charge in [-0.05, 0) is 20.1 Å². The van der Waals surface area contributed by atoms with Crippen LogP contribution in [0.5, 0.6) is 0 Å². The summed E-state index contributed by atoms with van der Waals surface area (Å²) in [5.74, 6) is 0. The minimum Gasteiger partial charge on any atom is -0.313 e. The van der Waals surface area contributed by atoms with Crippen LogP contribution in [0.3, 0.4) is 0 Å². The van der Waals surface area contributed by atoms with E-state index in [0.29, 0.717) is 16.2 Å². The first kappa shape index (κ1) is 13.9. The fraction of sp³-hybridized carbons (Fsp3) is 0.545. The van der Waals surface area contributed by atoms with Crippen molar-refractivity contribution in [2.45, 2.75) is 38.8 Å². The van der Waals surface area contributed by atoms with Crippen molar-refractivity contribution in [3.63, 3.8) is 0 Å². The quantitative estimate of drug-likeness (QED) is 0.470. The molecule has 0 saturated carbocycles. The molecule has 2 aromatic rings. The van der Waals surface area contributed by atoms with Gasteiger partial charge in [-0.1, -0.05) is 13.8 Å². The van der Waals surface area contributed by atoms with Crippen LogP contribution in [0.25, 0.3) is 11.2 Å². The fourth-order valence-corrected chi connectivity index (χ4v) is 1.89. The van der Waals surface area contributed by atoms with Crippen LogP contribution >= 0.6 is 11.8 Å². The summed E-state index contributed by atoms with van der Waals surface area (Å²) in [5.41, 5.74) is 1.22. The zero-order chi connectivity index (χ0) is 13.0. The number of fused-ring (bicyclic) bond motifs is 1. The lowest BCUT2D eigenvalue weighted by Crippen LogP contribution is -2.02. The fourth-order valence-electron chi connectivity index (χ4n) is 1.39. The lowest BCUT2D eigenvalue weighted by molar-refractivity contribution is 0.527. The van der Waals surface area contributed by atoms with Gasteiger partial charge in [0.25, 0.3) is 0 Å². The van der Waals surface area contributed by atoms with Crippen LogP contribution < -0.4 is 0 Å². The summed E-state index contributed by atoms with van der Waals surface area (Å²) in [6.45, 7) is 8.00. The molecule has 4 nitrogen and oxygen atoms in total. The van der Waals surface area contributed by atoms with E-state index in [-0.39, 0.29) is 6.04 Å². The van der Waals surface area contributed by atoms with Gasteiger partial charge in [0.2, 0.25) is 0 Å². The van der Waals surface area contributed by atoms with Gasteiger partial charge in [-0.3, -0.25) is 0 Å². The molecule has 0 N–H and O–H groups in total. The Hall–Kier alpha value is -1.17. The van der Waals surface area contributed by atoms with Crippen molar-refractivity contribution < 1.29 is 4.39 Å². The third kappa shape index (κ3) is 2.74. The Bertz CT molecular complexity index is 495. The standard InChI is InChI=1S/C9H11FN4S.C2H6/c1-5(2)14-4-11-6-7(14)12-9(10)13-8(6)15-3;1-2/h4-5H,1-3H3;1-2H3. The molecule has 94 valence electrons. The van der Waals surface area contributed by atoms with Crippen molar-refractivity contribution >= 4 is 22.9 Å². The highest BCUT2D eigenvalue weighted by molar-refractivity contribution is 7.98. The molecule has 0 spiro atoms. The highest BCUT2D eigenvalue weighted by atomic mass is 32.2. The summed E-state index contributed by atoms with van der Waals surface area (Å²) in [7, 11) is 0. The molecule has 0 fully saturated rings. The van der Waals surface area contributed by atoms with E-state index in [1.807, 2.05) is 38.5 Å². The molecule has 2 heterocycles. The van der Waals surface area contributed by atoms with Crippen molar-refractivity contribution in [2.24, 2.45) is 0 Å². The molecule has 17 heavy (non-hydrogen) atoms. The van der Waals surface area contributed by atoms with E-state index < -0.39 is 6.08 Å². The molecular formula is C11H17FN4S. The van der Waals surface area contributed by atoms with Gasteiger partial charge < -0.3 is 4.57 Å². The maximum absolute atomic E-state index is 13.1. The van der Waals surface area contributed by atoms with Crippen LogP contribution in [0.4, 0.5) is 4.39 Å². The number of hydrogen-bond acceptors (Lipinski definition) is 4. The summed E-state index contributed by atoms with van der Waals surface area (Å²) in [5, 5.41) is 0.580. The summed E-state index contributed by atoms with van der Waals surface area (Å²) in [4.78, 5) is 11.7. The van der Waals surface area contributed by atoms with Crippen molar-refractivity contribution in [3.05, 3.63) is 12.4 Å². The van der Waals surface area contributed by atoms with Gasteiger partial charge in [0.1, 0.15) is 10.5 Å². The molecular weight excluding hydrogens is 239 g/mol. The molecule has 0 radical (unpaired) electrons. The normalized spacial score (nSPS) is 10.5. The zero-order valence-corrected chi connectivity index (χ0v) is 11.5. The van der Waals surface area contributed by atoms with Gasteiger partial charge in [0.15, 0.2) is 5.65 Å². The second-order valence-electron chi connectivity index (χ2n) is 3.42. The van der Waals surface area contributed by atoms with Crippen LogP contribution in [0.2, 0.25) is 0 Å². The highest BCUT2D eigenvalue weighted by Crippen LogP contribution is 2.23. The van der Waals surface area contributed by atoms with E-state index in [4.69, 9.17) is 0 Å². The van der Waals surface area contributed by atoms with Gasteiger partial charge in [-0.25, -0.2) is 4.98 Å². The molecule has 0 saturated heterocycles. The van der Waals surface area contributed by atoms with Crippen LogP contribution in [0.1, 0.15) is 33.7 Å². The summed E-state index contributed by atoms with van der Waals surface area (Å²) in [6.07, 6.45) is 2.81. The van der Waals surface area contributed by atoms with Gasteiger partial charge in [0, 0.05) is 6.04 Å². The van der Waals surface area contributed by atoms with Crippen LogP contribution in [0, 0.1) is 6.08 Å². The molecule has 0 aliphatic heterocycles. The average molecular weight is 256 g/mol. The zero-order valence-electron chi connectivity index (χ0n) is 10.7. The third-order valence-corrected chi connectivity index (χ3v) is 2.78. The minimum absolute atomic E-state index is 0.207. The molecule has 2 aromatic heterocycles. The van der Waals surface area contributed by atoms with Gasteiger partial charge in [-0.15, -0.1) is 11.8 Å². The lowest BCUT2D eigenvalue weighted by Gasteiger charge is -2.06. The number of imidazole rings is 1. The van der Waals surface area contributed by atoms with E-state index in [9.17, 15) is 4.39 Å². The second-order valence-corrected chi connectivity index (χ2v) is 4.21. The van der Waals surface area contributed by atoms with E-state index >= 15 is 0 Å². The Kier molecular flexibility index (Phi) is 4.86. The minimum atomic E-state index is -0.700. The monoisotopic (exact) mass is 256 g/mol. The average Bonchev–Trinajstić information content (AvgIpc) is 2.74. The van der Waals surface area contributed by atoms with Gasteiger partial charge >= 0.3 is 6.08 Å². The van der Waals surface area contributed by atoms with E-state index in [0.717, 1.165) is 0 Å². The maximum Gasteiger partial charge on any atom is 0.311 e. The summed E-state index contributed by atoms with van der Waals surface area (Å²) >= 11 is 1.37. The molecule has 0 aliphatic carbocycles. The predicted octanol–water partition coefficient (Wildman–Crippen LogP) is 3.29. The van der Waals surface area contributed by atoms with Crippen molar-refractivity contribution in [1.82, 2.24) is 19.5 Å². The number of nitrogens with zero attached hydrogens (tertiary/aromatic N) is 4. The third-order valence-electron chi connectivity index (χ3n) is 2.11. The smallest absolute Gasteiger partial charge is 0.311 e. The number of thioether (sulfide) groups is 1. The molecule has 2 rings (SSSR count). The number of rotatable bonds is 2. The second kappa shape index (κ2) is 5.95. The maximum atomic E-state index is 13.1. The Balaban J connectivity index is 0.000000686. The Labute approximate surface area is 105 Å². The number of halogens is 1. The Morgan fingerprint density at radius 3 is 2.47 bits per heavy atom. The lowest BCUT2D eigenvalue weighted by atomic mass is 10.4.